The molecule has 3 aliphatic heterocycles. The van der Waals surface area contributed by atoms with Gasteiger partial charge < -0.3 is 24.8 Å². The molecule has 6 heterocycles. The fourth-order valence-corrected chi connectivity index (χ4v) is 5.76. The summed E-state index contributed by atoms with van der Waals surface area (Å²) in [6.45, 7) is 3.15. The zero-order valence-electron chi connectivity index (χ0n) is 19.1. The van der Waals surface area contributed by atoms with E-state index in [4.69, 9.17) is 4.98 Å². The minimum Gasteiger partial charge on any atom is -0.379 e. The van der Waals surface area contributed by atoms with Crippen LogP contribution in [0.4, 0.5) is 10.1 Å². The Labute approximate surface area is 200 Å². The van der Waals surface area contributed by atoms with Gasteiger partial charge in [-0.1, -0.05) is 12.1 Å². The van der Waals surface area contributed by atoms with Crippen LogP contribution in [0.25, 0.3) is 39.0 Å². The third-order valence-electron chi connectivity index (χ3n) is 7.58. The number of hydrogen-bond donors (Lipinski definition) is 3. The number of nitrogens with zero attached hydrogens (tertiary/aromatic N) is 3. The fourth-order valence-electron chi connectivity index (χ4n) is 5.76. The number of H-pyrrole nitrogens is 2. The molecular weight excluding hydrogens is 443 g/mol. The molecule has 8 rings (SSSR count). The van der Waals surface area contributed by atoms with Crippen molar-refractivity contribution in [1.82, 2.24) is 24.4 Å². The third-order valence-corrected chi connectivity index (χ3v) is 7.58. The van der Waals surface area contributed by atoms with Gasteiger partial charge in [0.1, 0.15) is 17.2 Å². The molecule has 0 saturated carbocycles. The Balaban J connectivity index is 1.45. The van der Waals surface area contributed by atoms with Crippen molar-refractivity contribution in [3.63, 3.8) is 0 Å². The summed E-state index contributed by atoms with van der Waals surface area (Å²) in [4.78, 5) is 27.0. The van der Waals surface area contributed by atoms with Crippen molar-refractivity contribution in [2.75, 3.05) is 25.0 Å². The van der Waals surface area contributed by atoms with Gasteiger partial charge >= 0.3 is 0 Å². The Morgan fingerprint density at radius 3 is 2.54 bits per heavy atom. The van der Waals surface area contributed by atoms with Crippen LogP contribution in [0.1, 0.15) is 12.8 Å². The van der Waals surface area contributed by atoms with Crippen molar-refractivity contribution in [2.24, 2.45) is 5.92 Å². The first-order valence-corrected chi connectivity index (χ1v) is 12.1. The molecule has 2 bridgehead atoms. The SMILES string of the molecule is O=c1[nH]c2cc(-n3cccc3)c(F)cc2c(N[C@H]2CN3CCC2CC3)c1-c1nc2ccccc2[nH]1. The van der Waals surface area contributed by atoms with Crippen LogP contribution in [0.15, 0.2) is 65.7 Å². The average Bonchev–Trinajstić information content (AvgIpc) is 3.55. The number of hydrogen-bond acceptors (Lipinski definition) is 4. The number of benzene rings is 2. The summed E-state index contributed by atoms with van der Waals surface area (Å²) in [5.74, 6) is 0.656. The second-order valence-electron chi connectivity index (χ2n) is 9.64. The topological polar surface area (TPSA) is 81.7 Å². The molecule has 3 N–H and O–H groups in total. The monoisotopic (exact) mass is 468 g/mol. The zero-order valence-corrected chi connectivity index (χ0v) is 19.1. The largest absolute Gasteiger partial charge is 0.379 e. The molecule has 3 aromatic heterocycles. The van der Waals surface area contributed by atoms with Crippen LogP contribution in [-0.4, -0.2) is 50.1 Å². The van der Waals surface area contributed by atoms with E-state index in [9.17, 15) is 4.79 Å². The fraction of sp³-hybridized carbons (Fsp3) is 0.259. The van der Waals surface area contributed by atoms with Gasteiger partial charge in [-0.15, -0.1) is 0 Å². The maximum atomic E-state index is 15.4. The number of nitrogens with one attached hydrogen (secondary N) is 3. The van der Waals surface area contributed by atoms with Gasteiger partial charge in [0.15, 0.2) is 0 Å². The van der Waals surface area contributed by atoms with E-state index < -0.39 is 0 Å². The smallest absolute Gasteiger partial charge is 0.261 e. The first kappa shape index (κ1) is 20.5. The van der Waals surface area contributed by atoms with E-state index in [1.165, 1.54) is 6.07 Å². The molecule has 176 valence electrons. The summed E-state index contributed by atoms with van der Waals surface area (Å²) in [7, 11) is 0. The Morgan fingerprint density at radius 1 is 1.00 bits per heavy atom. The second-order valence-corrected chi connectivity index (χ2v) is 9.64. The van der Waals surface area contributed by atoms with Crippen LogP contribution in [-0.2, 0) is 0 Å². The molecule has 0 spiro atoms. The third kappa shape index (κ3) is 3.36. The van der Waals surface area contributed by atoms with Crippen LogP contribution in [0.2, 0.25) is 0 Å². The van der Waals surface area contributed by atoms with Crippen molar-refractivity contribution in [2.45, 2.75) is 18.9 Å². The van der Waals surface area contributed by atoms with Crippen molar-refractivity contribution in [3.05, 3.63) is 77.1 Å². The lowest BCUT2D eigenvalue weighted by Crippen LogP contribution is -2.53. The summed E-state index contributed by atoms with van der Waals surface area (Å²) in [5, 5.41) is 4.34. The maximum Gasteiger partial charge on any atom is 0.261 e. The van der Waals surface area contributed by atoms with E-state index in [0.29, 0.717) is 39.6 Å². The van der Waals surface area contributed by atoms with E-state index in [0.717, 1.165) is 43.5 Å². The van der Waals surface area contributed by atoms with Gasteiger partial charge in [0.2, 0.25) is 0 Å². The zero-order chi connectivity index (χ0) is 23.5. The molecule has 3 fully saturated rings. The van der Waals surface area contributed by atoms with Crippen LogP contribution < -0.4 is 10.9 Å². The van der Waals surface area contributed by atoms with Crippen LogP contribution in [0.3, 0.4) is 0 Å². The number of imidazole rings is 1. The standard InChI is InChI=1S/C27H25FN6O/c28-18-13-17-21(14-23(18)34-9-3-4-10-34)32-27(35)24(26-30-19-5-1-2-6-20(19)31-26)25(17)29-22-15-33-11-7-16(22)8-12-33/h1-6,9-10,13-14,16,22H,7-8,11-12,15H2,(H,30,31)(H2,29,32,35)/t22-/m0/s1. The van der Waals surface area contributed by atoms with Gasteiger partial charge in [-0.2, -0.15) is 0 Å². The number of rotatable bonds is 4. The minimum atomic E-state index is -0.353. The molecule has 0 unspecified atom stereocenters. The highest BCUT2D eigenvalue weighted by atomic mass is 19.1. The van der Waals surface area contributed by atoms with Gasteiger partial charge in [0.05, 0.1) is 27.9 Å². The first-order valence-electron chi connectivity index (χ1n) is 12.1. The van der Waals surface area contributed by atoms with Gasteiger partial charge in [-0.3, -0.25) is 4.79 Å². The summed E-state index contributed by atoms with van der Waals surface area (Å²) in [6.07, 6.45) is 5.84. The normalized spacial score (nSPS) is 21.7. The quantitative estimate of drug-likeness (QED) is 0.363. The number of para-hydroxylation sites is 2. The molecule has 7 nitrogen and oxygen atoms in total. The van der Waals surface area contributed by atoms with E-state index in [-0.39, 0.29) is 17.4 Å². The molecule has 5 aromatic rings. The number of aromatic amines is 2. The Kier molecular flexibility index (Phi) is 4.57. The molecule has 1 atom stereocenters. The summed E-state index contributed by atoms with van der Waals surface area (Å²) < 4.78 is 17.1. The van der Waals surface area contributed by atoms with Gasteiger partial charge in [0, 0.05) is 30.4 Å². The van der Waals surface area contributed by atoms with Crippen LogP contribution in [0, 0.1) is 11.7 Å². The Bertz CT molecular complexity index is 1580. The second kappa shape index (κ2) is 7.81. The van der Waals surface area contributed by atoms with E-state index in [1.807, 2.05) is 36.4 Å². The predicted molar refractivity (Wildman–Crippen MR) is 136 cm³/mol. The van der Waals surface area contributed by atoms with Crippen LogP contribution in [0.5, 0.6) is 0 Å². The summed E-state index contributed by atoms with van der Waals surface area (Å²) in [5.41, 5.74) is 3.41. The van der Waals surface area contributed by atoms with E-state index in [1.54, 1.807) is 23.0 Å². The van der Waals surface area contributed by atoms with Crippen molar-refractivity contribution in [1.29, 1.82) is 0 Å². The first-order chi connectivity index (χ1) is 17.1. The van der Waals surface area contributed by atoms with E-state index in [2.05, 4.69) is 20.2 Å². The summed E-state index contributed by atoms with van der Waals surface area (Å²) in [6, 6.07) is 14.8. The number of anilines is 1. The molecule has 35 heavy (non-hydrogen) atoms. The predicted octanol–water partition coefficient (Wildman–Crippen LogP) is 4.51. The van der Waals surface area contributed by atoms with Crippen molar-refractivity contribution in [3.8, 4) is 17.1 Å². The number of aromatic nitrogens is 4. The number of halogens is 1. The van der Waals surface area contributed by atoms with Crippen molar-refractivity contribution >= 4 is 27.6 Å². The highest BCUT2D eigenvalue weighted by molar-refractivity contribution is 6.00. The van der Waals surface area contributed by atoms with Crippen molar-refractivity contribution < 1.29 is 4.39 Å². The average molecular weight is 469 g/mol. The minimum absolute atomic E-state index is 0.192. The molecule has 0 radical (unpaired) electrons. The van der Waals surface area contributed by atoms with E-state index >= 15 is 4.39 Å². The number of piperidine rings is 3. The summed E-state index contributed by atoms with van der Waals surface area (Å²) >= 11 is 0. The van der Waals surface area contributed by atoms with Gasteiger partial charge in [-0.05, 0) is 68.2 Å². The lowest BCUT2D eigenvalue weighted by atomic mass is 9.83. The highest BCUT2D eigenvalue weighted by Crippen LogP contribution is 2.36. The molecule has 3 aliphatic rings. The molecule has 3 saturated heterocycles. The lowest BCUT2D eigenvalue weighted by molar-refractivity contribution is 0.0976. The van der Waals surface area contributed by atoms with Gasteiger partial charge in [-0.25, -0.2) is 9.37 Å². The maximum absolute atomic E-state index is 15.4. The molecule has 0 aliphatic carbocycles. The van der Waals surface area contributed by atoms with Gasteiger partial charge in [0.25, 0.3) is 5.56 Å². The number of pyridine rings is 1. The van der Waals surface area contributed by atoms with Crippen LogP contribution >= 0.6 is 0 Å². The highest BCUT2D eigenvalue weighted by Gasteiger charge is 2.35. The molecule has 2 aromatic carbocycles. The molecular formula is C27H25FN6O. The molecule has 8 heteroatoms. The molecule has 0 amide bonds. The Morgan fingerprint density at radius 2 is 1.80 bits per heavy atom. The lowest BCUT2D eigenvalue weighted by Gasteiger charge is -2.45. The Hall–Kier alpha value is -3.91. The number of fused-ring (bicyclic) bond motifs is 5.